The van der Waals surface area contributed by atoms with E-state index in [1.807, 2.05) is 0 Å². The maximum atomic E-state index is 10.9. The minimum atomic E-state index is -0.994. The molecule has 1 fully saturated rings. The van der Waals surface area contributed by atoms with Gasteiger partial charge in [-0.2, -0.15) is 0 Å². The normalized spacial score (nSPS) is 15.8. The summed E-state index contributed by atoms with van der Waals surface area (Å²) in [6.07, 6.45) is -0.0238. The summed E-state index contributed by atoms with van der Waals surface area (Å²) in [6.45, 7) is 1.05. The molecular formula is C10H9BrO4. The molecule has 1 heterocycles. The lowest BCUT2D eigenvalue weighted by molar-refractivity contribution is -0.0799. The van der Waals surface area contributed by atoms with Gasteiger partial charge in [0.1, 0.15) is 17.4 Å². The number of carboxylic acid groups (broad SMARTS) is 1. The molecule has 2 rings (SSSR count). The van der Waals surface area contributed by atoms with E-state index < -0.39 is 5.97 Å². The van der Waals surface area contributed by atoms with Gasteiger partial charge in [0.25, 0.3) is 0 Å². The van der Waals surface area contributed by atoms with E-state index in [9.17, 15) is 4.79 Å². The number of rotatable bonds is 3. The van der Waals surface area contributed by atoms with Crippen LogP contribution in [-0.4, -0.2) is 30.4 Å². The van der Waals surface area contributed by atoms with Gasteiger partial charge in [-0.25, -0.2) is 4.79 Å². The molecule has 1 aromatic rings. The quantitative estimate of drug-likeness (QED) is 0.914. The van der Waals surface area contributed by atoms with Crippen molar-refractivity contribution in [3.05, 3.63) is 28.2 Å². The van der Waals surface area contributed by atoms with Crippen molar-refractivity contribution < 1.29 is 19.4 Å². The van der Waals surface area contributed by atoms with Gasteiger partial charge in [-0.1, -0.05) is 15.9 Å². The van der Waals surface area contributed by atoms with Crippen LogP contribution in [0, 0.1) is 0 Å². The summed E-state index contributed by atoms with van der Waals surface area (Å²) in [5, 5.41) is 8.96. The van der Waals surface area contributed by atoms with Crippen molar-refractivity contribution in [2.24, 2.45) is 0 Å². The number of carbonyl (C=O) groups is 1. The topological polar surface area (TPSA) is 55.8 Å². The van der Waals surface area contributed by atoms with Crippen LogP contribution in [0.25, 0.3) is 0 Å². The summed E-state index contributed by atoms with van der Waals surface area (Å²) in [4.78, 5) is 10.9. The average molecular weight is 273 g/mol. The molecule has 0 aromatic heterocycles. The van der Waals surface area contributed by atoms with Gasteiger partial charge >= 0.3 is 5.97 Å². The zero-order valence-corrected chi connectivity index (χ0v) is 9.36. The molecule has 0 unspecified atom stereocenters. The first-order valence-electron chi connectivity index (χ1n) is 4.44. The molecule has 0 radical (unpaired) electrons. The van der Waals surface area contributed by atoms with E-state index in [0.29, 0.717) is 19.0 Å². The molecule has 1 N–H and O–H groups in total. The molecule has 0 atom stereocenters. The van der Waals surface area contributed by atoms with Crippen LogP contribution >= 0.6 is 15.9 Å². The van der Waals surface area contributed by atoms with E-state index in [1.54, 1.807) is 12.1 Å². The number of halogens is 1. The molecule has 4 nitrogen and oxygen atoms in total. The molecule has 0 spiro atoms. The Kier molecular flexibility index (Phi) is 2.93. The smallest absolute Gasteiger partial charge is 0.339 e. The van der Waals surface area contributed by atoms with Crippen LogP contribution in [0.1, 0.15) is 10.4 Å². The molecule has 80 valence electrons. The fourth-order valence-electron chi connectivity index (χ4n) is 1.23. The highest BCUT2D eigenvalue weighted by Crippen LogP contribution is 2.25. The van der Waals surface area contributed by atoms with Crippen LogP contribution in [0.15, 0.2) is 22.7 Å². The third-order valence-electron chi connectivity index (χ3n) is 2.07. The number of hydrogen-bond acceptors (Lipinski definition) is 3. The van der Waals surface area contributed by atoms with E-state index in [0.717, 1.165) is 4.47 Å². The highest BCUT2D eigenvalue weighted by molar-refractivity contribution is 9.10. The first kappa shape index (κ1) is 10.4. The highest BCUT2D eigenvalue weighted by atomic mass is 79.9. The van der Waals surface area contributed by atoms with Crippen LogP contribution in [0.3, 0.4) is 0 Å². The monoisotopic (exact) mass is 272 g/mol. The molecule has 5 heteroatoms. The summed E-state index contributed by atoms with van der Waals surface area (Å²) in [5.41, 5.74) is 0.163. The average Bonchev–Trinajstić information content (AvgIpc) is 2.12. The van der Waals surface area contributed by atoms with Crippen LogP contribution < -0.4 is 4.74 Å². The predicted octanol–water partition coefficient (Wildman–Crippen LogP) is 1.92. The summed E-state index contributed by atoms with van der Waals surface area (Å²) in [7, 11) is 0. The molecule has 0 bridgehead atoms. The third kappa shape index (κ3) is 2.30. The van der Waals surface area contributed by atoms with E-state index in [-0.39, 0.29) is 11.7 Å². The second kappa shape index (κ2) is 4.20. The fourth-order valence-corrected chi connectivity index (χ4v) is 1.59. The van der Waals surface area contributed by atoms with Crippen molar-refractivity contribution >= 4 is 21.9 Å². The Morgan fingerprint density at radius 2 is 2.27 bits per heavy atom. The van der Waals surface area contributed by atoms with E-state index >= 15 is 0 Å². The molecule has 0 amide bonds. The standard InChI is InChI=1S/C10H9BrO4/c11-6-1-2-9(8(3-6)10(12)13)15-7-4-14-5-7/h1-3,7H,4-5H2,(H,12,13). The lowest BCUT2D eigenvalue weighted by atomic mass is 10.2. The molecule has 1 aliphatic rings. The van der Waals surface area contributed by atoms with Crippen molar-refractivity contribution in [1.82, 2.24) is 0 Å². The van der Waals surface area contributed by atoms with Gasteiger partial charge < -0.3 is 14.6 Å². The number of hydrogen-bond donors (Lipinski definition) is 1. The van der Waals surface area contributed by atoms with Crippen molar-refractivity contribution in [2.45, 2.75) is 6.10 Å². The molecule has 0 aliphatic carbocycles. The fraction of sp³-hybridized carbons (Fsp3) is 0.300. The number of aromatic carboxylic acids is 1. The molecular weight excluding hydrogens is 264 g/mol. The molecule has 1 aliphatic heterocycles. The number of ether oxygens (including phenoxy) is 2. The van der Waals surface area contributed by atoms with Gasteiger partial charge in [-0.15, -0.1) is 0 Å². The van der Waals surface area contributed by atoms with Crippen LogP contribution in [0.4, 0.5) is 0 Å². The summed E-state index contributed by atoms with van der Waals surface area (Å²) in [6, 6.07) is 4.92. The van der Waals surface area contributed by atoms with Crippen LogP contribution in [-0.2, 0) is 4.74 Å². The minimum absolute atomic E-state index is 0.0238. The Morgan fingerprint density at radius 3 is 2.80 bits per heavy atom. The van der Waals surface area contributed by atoms with Gasteiger partial charge in [0.05, 0.1) is 13.2 Å². The Bertz CT molecular complexity index is 387. The van der Waals surface area contributed by atoms with E-state index in [4.69, 9.17) is 14.6 Å². The van der Waals surface area contributed by atoms with E-state index in [2.05, 4.69) is 15.9 Å². The van der Waals surface area contributed by atoms with Crippen LogP contribution in [0.2, 0.25) is 0 Å². The Hall–Kier alpha value is -1.07. The van der Waals surface area contributed by atoms with Crippen molar-refractivity contribution in [3.63, 3.8) is 0 Å². The minimum Gasteiger partial charge on any atom is -0.485 e. The summed E-state index contributed by atoms with van der Waals surface area (Å²) >= 11 is 3.22. The number of benzene rings is 1. The van der Waals surface area contributed by atoms with Gasteiger partial charge in [0.15, 0.2) is 0 Å². The van der Waals surface area contributed by atoms with Gasteiger partial charge in [-0.3, -0.25) is 0 Å². The maximum Gasteiger partial charge on any atom is 0.339 e. The Balaban J connectivity index is 2.23. The largest absolute Gasteiger partial charge is 0.485 e. The molecule has 1 saturated heterocycles. The Labute approximate surface area is 94.9 Å². The SMILES string of the molecule is O=C(O)c1cc(Br)ccc1OC1COC1. The highest BCUT2D eigenvalue weighted by Gasteiger charge is 2.22. The second-order valence-electron chi connectivity index (χ2n) is 3.22. The van der Waals surface area contributed by atoms with Gasteiger partial charge in [0.2, 0.25) is 0 Å². The van der Waals surface area contributed by atoms with E-state index in [1.165, 1.54) is 6.07 Å². The first-order valence-corrected chi connectivity index (χ1v) is 5.23. The molecule has 0 saturated carbocycles. The summed E-state index contributed by atoms with van der Waals surface area (Å²) < 4.78 is 11.1. The van der Waals surface area contributed by atoms with Crippen LogP contribution in [0.5, 0.6) is 5.75 Å². The molecule has 15 heavy (non-hydrogen) atoms. The van der Waals surface area contributed by atoms with Crippen molar-refractivity contribution in [3.8, 4) is 5.75 Å². The lowest BCUT2D eigenvalue weighted by Crippen LogP contribution is -2.38. The lowest BCUT2D eigenvalue weighted by Gasteiger charge is -2.27. The molecule has 1 aromatic carbocycles. The van der Waals surface area contributed by atoms with Crippen molar-refractivity contribution in [2.75, 3.05) is 13.2 Å². The third-order valence-corrected chi connectivity index (χ3v) is 2.57. The maximum absolute atomic E-state index is 10.9. The van der Waals surface area contributed by atoms with Gasteiger partial charge in [-0.05, 0) is 18.2 Å². The zero-order valence-electron chi connectivity index (χ0n) is 7.77. The zero-order chi connectivity index (χ0) is 10.8. The Morgan fingerprint density at radius 1 is 1.53 bits per heavy atom. The number of carboxylic acids is 1. The van der Waals surface area contributed by atoms with Gasteiger partial charge in [0, 0.05) is 4.47 Å². The summed E-state index contributed by atoms with van der Waals surface area (Å²) in [5.74, 6) is -0.606. The van der Waals surface area contributed by atoms with Crippen molar-refractivity contribution in [1.29, 1.82) is 0 Å². The predicted molar refractivity (Wildman–Crippen MR) is 56.3 cm³/mol. The second-order valence-corrected chi connectivity index (χ2v) is 4.14. The first-order chi connectivity index (χ1) is 7.16.